The van der Waals surface area contributed by atoms with Crippen molar-refractivity contribution in [2.24, 2.45) is 0 Å². The summed E-state index contributed by atoms with van der Waals surface area (Å²) >= 11 is 0. The number of para-hydroxylation sites is 1. The molecule has 0 heterocycles. The largest absolute Gasteiger partial charge is 0.508 e. The normalized spacial score (nSPS) is 11.5. The molecule has 0 spiro atoms. The van der Waals surface area contributed by atoms with Gasteiger partial charge in [0.05, 0.1) is 0 Å². The SMILES string of the molecule is C/C(=C\c1ccccc1)Cc1ccccc1O. The van der Waals surface area contributed by atoms with E-state index in [1.807, 2.05) is 36.4 Å². The fourth-order valence-corrected chi connectivity index (χ4v) is 1.85. The summed E-state index contributed by atoms with van der Waals surface area (Å²) in [5.74, 6) is 0.369. The average molecular weight is 224 g/mol. The molecule has 0 amide bonds. The van der Waals surface area contributed by atoms with E-state index in [2.05, 4.69) is 25.1 Å². The summed E-state index contributed by atoms with van der Waals surface area (Å²) in [4.78, 5) is 0. The topological polar surface area (TPSA) is 20.2 Å². The van der Waals surface area contributed by atoms with E-state index in [0.717, 1.165) is 12.0 Å². The van der Waals surface area contributed by atoms with Crippen LogP contribution in [0.15, 0.2) is 60.2 Å². The maximum atomic E-state index is 9.70. The van der Waals surface area contributed by atoms with Crippen LogP contribution in [0.4, 0.5) is 0 Å². The number of rotatable bonds is 3. The number of aromatic hydroxyl groups is 1. The summed E-state index contributed by atoms with van der Waals surface area (Å²) in [6.07, 6.45) is 2.92. The molecule has 1 heteroatoms. The molecule has 2 aromatic rings. The molecule has 0 radical (unpaired) electrons. The number of phenols is 1. The second-order valence-electron chi connectivity index (χ2n) is 4.21. The van der Waals surface area contributed by atoms with Gasteiger partial charge >= 0.3 is 0 Å². The zero-order valence-corrected chi connectivity index (χ0v) is 9.93. The Morgan fingerprint density at radius 2 is 1.65 bits per heavy atom. The zero-order chi connectivity index (χ0) is 12.1. The number of hydrogen-bond acceptors (Lipinski definition) is 1. The Morgan fingerprint density at radius 3 is 2.35 bits per heavy atom. The van der Waals surface area contributed by atoms with Gasteiger partial charge in [0, 0.05) is 0 Å². The van der Waals surface area contributed by atoms with E-state index in [1.54, 1.807) is 6.07 Å². The fraction of sp³-hybridized carbons (Fsp3) is 0.125. The van der Waals surface area contributed by atoms with Crippen molar-refractivity contribution < 1.29 is 5.11 Å². The van der Waals surface area contributed by atoms with Gasteiger partial charge in [-0.15, -0.1) is 0 Å². The van der Waals surface area contributed by atoms with Gasteiger partial charge in [0.1, 0.15) is 5.75 Å². The van der Waals surface area contributed by atoms with Crippen molar-refractivity contribution in [3.05, 3.63) is 71.3 Å². The molecule has 17 heavy (non-hydrogen) atoms. The van der Waals surface area contributed by atoms with Crippen LogP contribution < -0.4 is 0 Å². The van der Waals surface area contributed by atoms with E-state index >= 15 is 0 Å². The van der Waals surface area contributed by atoms with Gasteiger partial charge in [-0.3, -0.25) is 0 Å². The van der Waals surface area contributed by atoms with Crippen LogP contribution in [0.1, 0.15) is 18.1 Å². The van der Waals surface area contributed by atoms with Gasteiger partial charge in [-0.25, -0.2) is 0 Å². The van der Waals surface area contributed by atoms with Gasteiger partial charge in [-0.05, 0) is 30.5 Å². The van der Waals surface area contributed by atoms with Gasteiger partial charge in [-0.1, -0.05) is 60.2 Å². The molecule has 1 nitrogen and oxygen atoms in total. The highest BCUT2D eigenvalue weighted by Crippen LogP contribution is 2.20. The van der Waals surface area contributed by atoms with Crippen molar-refractivity contribution in [3.8, 4) is 5.75 Å². The first-order chi connectivity index (χ1) is 8.25. The summed E-state index contributed by atoms with van der Waals surface area (Å²) in [5, 5.41) is 9.70. The monoisotopic (exact) mass is 224 g/mol. The molecule has 0 atom stereocenters. The Morgan fingerprint density at radius 1 is 1.00 bits per heavy atom. The first-order valence-electron chi connectivity index (χ1n) is 5.75. The lowest BCUT2D eigenvalue weighted by Gasteiger charge is -2.04. The zero-order valence-electron chi connectivity index (χ0n) is 9.93. The molecule has 0 aliphatic rings. The van der Waals surface area contributed by atoms with Crippen LogP contribution in [0.5, 0.6) is 5.75 Å². The molecule has 0 aliphatic carbocycles. The molecule has 0 saturated carbocycles. The van der Waals surface area contributed by atoms with Gasteiger partial charge in [0.2, 0.25) is 0 Å². The highest BCUT2D eigenvalue weighted by atomic mass is 16.3. The summed E-state index contributed by atoms with van der Waals surface area (Å²) in [6, 6.07) is 17.7. The molecule has 0 bridgehead atoms. The molecule has 0 saturated heterocycles. The Bertz CT molecular complexity index is 512. The van der Waals surface area contributed by atoms with Crippen molar-refractivity contribution in [2.45, 2.75) is 13.3 Å². The van der Waals surface area contributed by atoms with Crippen molar-refractivity contribution >= 4 is 6.08 Å². The van der Waals surface area contributed by atoms with Crippen LogP contribution in [-0.2, 0) is 6.42 Å². The molecule has 0 aliphatic heterocycles. The summed E-state index contributed by atoms with van der Waals surface area (Å²) in [6.45, 7) is 2.08. The summed E-state index contributed by atoms with van der Waals surface area (Å²) in [5.41, 5.74) is 3.40. The number of phenolic OH excluding ortho intramolecular Hbond substituents is 1. The Labute approximate surface area is 102 Å². The molecule has 1 N–H and O–H groups in total. The van der Waals surface area contributed by atoms with Crippen molar-refractivity contribution in [1.29, 1.82) is 0 Å². The van der Waals surface area contributed by atoms with Gasteiger partial charge in [0.15, 0.2) is 0 Å². The number of hydrogen-bond donors (Lipinski definition) is 1. The average Bonchev–Trinajstić information content (AvgIpc) is 2.33. The quantitative estimate of drug-likeness (QED) is 0.834. The molecule has 0 aromatic heterocycles. The molecular weight excluding hydrogens is 208 g/mol. The van der Waals surface area contributed by atoms with E-state index in [4.69, 9.17) is 0 Å². The molecule has 86 valence electrons. The lowest BCUT2D eigenvalue weighted by atomic mass is 10.0. The standard InChI is InChI=1S/C16H16O/c1-13(11-14-7-3-2-4-8-14)12-15-9-5-6-10-16(15)17/h2-11,17H,12H2,1H3/b13-11+. The molecule has 2 rings (SSSR count). The van der Waals surface area contributed by atoms with Crippen LogP contribution in [0.2, 0.25) is 0 Å². The molecular formula is C16H16O. The molecule has 2 aromatic carbocycles. The third-order valence-corrected chi connectivity index (χ3v) is 2.67. The second-order valence-corrected chi connectivity index (χ2v) is 4.21. The predicted molar refractivity (Wildman–Crippen MR) is 71.9 cm³/mol. The van der Waals surface area contributed by atoms with E-state index in [0.29, 0.717) is 5.75 Å². The highest BCUT2D eigenvalue weighted by Gasteiger charge is 2.00. The summed E-state index contributed by atoms with van der Waals surface area (Å²) in [7, 11) is 0. The lowest BCUT2D eigenvalue weighted by Crippen LogP contribution is -1.87. The first kappa shape index (κ1) is 11.5. The van der Waals surface area contributed by atoms with Crippen molar-refractivity contribution in [1.82, 2.24) is 0 Å². The van der Waals surface area contributed by atoms with Crippen LogP contribution >= 0.6 is 0 Å². The third-order valence-electron chi connectivity index (χ3n) is 2.67. The minimum absolute atomic E-state index is 0.369. The van der Waals surface area contributed by atoms with Gasteiger partial charge in [-0.2, -0.15) is 0 Å². The van der Waals surface area contributed by atoms with E-state index in [9.17, 15) is 5.11 Å². The van der Waals surface area contributed by atoms with E-state index < -0.39 is 0 Å². The van der Waals surface area contributed by atoms with Crippen molar-refractivity contribution in [3.63, 3.8) is 0 Å². The van der Waals surface area contributed by atoms with E-state index in [-0.39, 0.29) is 0 Å². The minimum Gasteiger partial charge on any atom is -0.508 e. The fourth-order valence-electron chi connectivity index (χ4n) is 1.85. The smallest absolute Gasteiger partial charge is 0.119 e. The van der Waals surface area contributed by atoms with E-state index in [1.165, 1.54) is 11.1 Å². The van der Waals surface area contributed by atoms with Crippen LogP contribution in [0.3, 0.4) is 0 Å². The molecule has 0 unspecified atom stereocenters. The Hall–Kier alpha value is -2.02. The second kappa shape index (κ2) is 5.35. The van der Waals surface area contributed by atoms with Crippen molar-refractivity contribution in [2.75, 3.05) is 0 Å². The maximum absolute atomic E-state index is 9.70. The number of benzene rings is 2. The van der Waals surface area contributed by atoms with Gasteiger partial charge < -0.3 is 5.11 Å². The Balaban J connectivity index is 2.15. The lowest BCUT2D eigenvalue weighted by molar-refractivity contribution is 0.469. The molecule has 0 fully saturated rings. The summed E-state index contributed by atoms with van der Waals surface area (Å²) < 4.78 is 0. The maximum Gasteiger partial charge on any atom is 0.119 e. The first-order valence-corrected chi connectivity index (χ1v) is 5.75. The highest BCUT2D eigenvalue weighted by molar-refractivity contribution is 5.53. The number of allylic oxidation sites excluding steroid dienone is 1. The van der Waals surface area contributed by atoms with Crippen LogP contribution in [0.25, 0.3) is 6.08 Å². The van der Waals surface area contributed by atoms with Crippen LogP contribution in [-0.4, -0.2) is 5.11 Å². The third kappa shape index (κ3) is 3.22. The Kier molecular flexibility index (Phi) is 3.61. The minimum atomic E-state index is 0.369. The van der Waals surface area contributed by atoms with Crippen LogP contribution in [0, 0.1) is 0 Å². The van der Waals surface area contributed by atoms with Gasteiger partial charge in [0.25, 0.3) is 0 Å². The predicted octanol–water partition coefficient (Wildman–Crippen LogP) is 4.04.